The lowest BCUT2D eigenvalue weighted by molar-refractivity contribution is -0.149. The predicted molar refractivity (Wildman–Crippen MR) is 134 cm³/mol. The summed E-state index contributed by atoms with van der Waals surface area (Å²) in [5.41, 5.74) is 9.63. The van der Waals surface area contributed by atoms with Crippen molar-refractivity contribution in [3.05, 3.63) is 94.6 Å². The number of hydrogen-bond acceptors (Lipinski definition) is 6. The Bertz CT molecular complexity index is 1150. The first-order chi connectivity index (χ1) is 17.3. The van der Waals surface area contributed by atoms with Crippen LogP contribution in [0.5, 0.6) is 11.5 Å². The molecule has 0 amide bonds. The van der Waals surface area contributed by atoms with E-state index in [2.05, 4.69) is 24.4 Å². The molecule has 0 aliphatic carbocycles. The molecule has 0 spiro atoms. The lowest BCUT2D eigenvalue weighted by Gasteiger charge is -2.25. The number of carbonyl (C=O) groups is 1. The summed E-state index contributed by atoms with van der Waals surface area (Å²) in [7, 11) is 1.42. The number of aromatic hydroxyl groups is 1. The highest BCUT2D eigenvalue weighted by Crippen LogP contribution is 2.26. The maximum absolute atomic E-state index is 13.7. The van der Waals surface area contributed by atoms with Crippen LogP contribution in [0.15, 0.2) is 60.7 Å². The van der Waals surface area contributed by atoms with Gasteiger partial charge in [0.05, 0.1) is 13.5 Å². The van der Waals surface area contributed by atoms with Gasteiger partial charge in [0.2, 0.25) is 0 Å². The third kappa shape index (κ3) is 8.03. The number of carbonyl (C=O) groups excluding carboxylic acids is 1. The van der Waals surface area contributed by atoms with Crippen LogP contribution < -0.4 is 15.8 Å². The van der Waals surface area contributed by atoms with Crippen molar-refractivity contribution in [3.63, 3.8) is 0 Å². The Morgan fingerprint density at radius 2 is 1.72 bits per heavy atom. The van der Waals surface area contributed by atoms with Gasteiger partial charge in [-0.1, -0.05) is 37.3 Å². The highest BCUT2D eigenvalue weighted by Gasteiger charge is 2.23. The number of phenolic OH excluding ortho intramolecular Hbond substituents is 1. The number of ether oxygens (including phenoxy) is 2. The van der Waals surface area contributed by atoms with Crippen molar-refractivity contribution in [1.82, 2.24) is 5.32 Å². The molecule has 0 aromatic heterocycles. The number of hydrogen-bond donors (Lipinski definition) is 3. The molecule has 3 rings (SSSR count). The molecule has 0 fully saturated rings. The summed E-state index contributed by atoms with van der Waals surface area (Å²) in [5.74, 6) is -1.70. The molecule has 8 heteroatoms. The summed E-state index contributed by atoms with van der Waals surface area (Å²) in [6.07, 6.45) is 0.224. The normalized spacial score (nSPS) is 12.7. The third-order valence-electron chi connectivity index (χ3n) is 5.82. The maximum atomic E-state index is 13.7. The number of nitrogens with two attached hydrogens (primary N) is 1. The summed E-state index contributed by atoms with van der Waals surface area (Å²) in [4.78, 5) is 12.8. The first-order valence-corrected chi connectivity index (χ1v) is 11.8. The number of aryl methyl sites for hydroxylation is 1. The minimum absolute atomic E-state index is 0.0341. The Morgan fingerprint density at radius 1 is 1.00 bits per heavy atom. The average molecular weight is 499 g/mol. The summed E-state index contributed by atoms with van der Waals surface area (Å²) >= 11 is 0. The number of rotatable bonds is 12. The van der Waals surface area contributed by atoms with Crippen molar-refractivity contribution in [3.8, 4) is 11.5 Å². The Kier molecular flexibility index (Phi) is 9.78. The van der Waals surface area contributed by atoms with Gasteiger partial charge in [0.1, 0.15) is 17.7 Å². The van der Waals surface area contributed by atoms with E-state index < -0.39 is 29.7 Å². The zero-order valence-corrected chi connectivity index (χ0v) is 20.5. The summed E-state index contributed by atoms with van der Waals surface area (Å²) in [5, 5.41) is 13.1. The molecule has 2 atom stereocenters. The van der Waals surface area contributed by atoms with E-state index in [1.54, 1.807) is 12.1 Å². The van der Waals surface area contributed by atoms with E-state index in [0.29, 0.717) is 17.7 Å². The molecule has 0 radical (unpaired) electrons. The van der Waals surface area contributed by atoms with Crippen LogP contribution in [0, 0.1) is 11.6 Å². The van der Waals surface area contributed by atoms with Gasteiger partial charge >= 0.3 is 5.97 Å². The number of halogens is 2. The molecular formula is C28H32F2N2O4. The molecule has 4 N–H and O–H groups in total. The summed E-state index contributed by atoms with van der Waals surface area (Å²) in [6.45, 7) is 2.87. The topological polar surface area (TPSA) is 93.8 Å². The maximum Gasteiger partial charge on any atom is 0.310 e. The van der Waals surface area contributed by atoms with Crippen LogP contribution in [0.2, 0.25) is 0 Å². The zero-order chi connectivity index (χ0) is 26.1. The molecule has 0 saturated carbocycles. The molecule has 0 aliphatic heterocycles. The second-order valence-electron chi connectivity index (χ2n) is 8.66. The van der Waals surface area contributed by atoms with E-state index in [1.807, 2.05) is 12.1 Å². The molecule has 192 valence electrons. The van der Waals surface area contributed by atoms with Gasteiger partial charge in [0.15, 0.2) is 11.5 Å². The molecule has 36 heavy (non-hydrogen) atoms. The quantitative estimate of drug-likeness (QED) is 0.326. The van der Waals surface area contributed by atoms with Crippen molar-refractivity contribution in [2.45, 2.75) is 44.9 Å². The van der Waals surface area contributed by atoms with E-state index in [-0.39, 0.29) is 30.9 Å². The van der Waals surface area contributed by atoms with Gasteiger partial charge in [-0.3, -0.25) is 4.79 Å². The molecule has 0 bridgehead atoms. The minimum atomic E-state index is -0.753. The van der Waals surface area contributed by atoms with E-state index >= 15 is 0 Å². The van der Waals surface area contributed by atoms with E-state index in [4.69, 9.17) is 15.2 Å². The Hall–Kier alpha value is -3.49. The fourth-order valence-corrected chi connectivity index (χ4v) is 3.94. The number of benzene rings is 3. The lowest BCUT2D eigenvalue weighted by atomic mass is 10.0. The molecule has 0 heterocycles. The highest BCUT2D eigenvalue weighted by atomic mass is 19.1. The fraction of sp³-hybridized carbons (Fsp3) is 0.321. The fourth-order valence-electron chi connectivity index (χ4n) is 3.94. The van der Waals surface area contributed by atoms with Crippen molar-refractivity contribution in [2.75, 3.05) is 13.7 Å². The van der Waals surface area contributed by atoms with Gasteiger partial charge < -0.3 is 25.6 Å². The van der Waals surface area contributed by atoms with E-state index in [9.17, 15) is 18.7 Å². The van der Waals surface area contributed by atoms with Crippen LogP contribution in [0.1, 0.15) is 29.2 Å². The van der Waals surface area contributed by atoms with Crippen molar-refractivity contribution >= 4 is 5.97 Å². The SMILES string of the molecule is CCc1cccc(CNC[C@@H](OC(=O)Cc2ccc(O)c(OC)c2)[C@@H](N)Cc2cc(F)cc(F)c2)c1. The van der Waals surface area contributed by atoms with Gasteiger partial charge in [-0.05, 0) is 59.4 Å². The van der Waals surface area contributed by atoms with Crippen LogP contribution in [0.3, 0.4) is 0 Å². The van der Waals surface area contributed by atoms with Crippen LogP contribution in [0.25, 0.3) is 0 Å². The molecule has 3 aromatic carbocycles. The third-order valence-corrected chi connectivity index (χ3v) is 5.82. The standard InChI is InChI=1S/C28H32F2N2O4/c1-3-18-5-4-6-20(9-18)16-32-17-27(24(31)12-21-10-22(29)15-23(30)11-21)36-28(34)14-19-7-8-25(33)26(13-19)35-2/h4-11,13,15,24,27,32-33H,3,12,14,16-17,31H2,1-2H3/t24-,27+/m0/s1. The van der Waals surface area contributed by atoms with Gasteiger partial charge in [0, 0.05) is 25.2 Å². The second-order valence-corrected chi connectivity index (χ2v) is 8.66. The number of nitrogens with one attached hydrogen (secondary N) is 1. The molecular weight excluding hydrogens is 466 g/mol. The van der Waals surface area contributed by atoms with Crippen LogP contribution in [0.4, 0.5) is 8.78 Å². The van der Waals surface area contributed by atoms with E-state index in [1.165, 1.54) is 30.9 Å². The van der Waals surface area contributed by atoms with Crippen molar-refractivity contribution in [2.24, 2.45) is 5.73 Å². The molecule has 6 nitrogen and oxygen atoms in total. The highest BCUT2D eigenvalue weighted by molar-refractivity contribution is 5.73. The van der Waals surface area contributed by atoms with Crippen molar-refractivity contribution in [1.29, 1.82) is 0 Å². The zero-order valence-electron chi connectivity index (χ0n) is 20.5. The average Bonchev–Trinajstić information content (AvgIpc) is 2.84. The molecule has 0 saturated heterocycles. The van der Waals surface area contributed by atoms with Crippen LogP contribution in [-0.4, -0.2) is 36.9 Å². The van der Waals surface area contributed by atoms with Crippen LogP contribution >= 0.6 is 0 Å². The largest absolute Gasteiger partial charge is 0.504 e. The first-order valence-electron chi connectivity index (χ1n) is 11.8. The monoisotopic (exact) mass is 498 g/mol. The Labute approximate surface area is 210 Å². The van der Waals surface area contributed by atoms with Gasteiger partial charge in [-0.25, -0.2) is 8.78 Å². The molecule has 0 aliphatic rings. The smallest absolute Gasteiger partial charge is 0.310 e. The van der Waals surface area contributed by atoms with Gasteiger partial charge in [-0.15, -0.1) is 0 Å². The van der Waals surface area contributed by atoms with E-state index in [0.717, 1.165) is 18.1 Å². The molecule has 0 unspecified atom stereocenters. The van der Waals surface area contributed by atoms with Gasteiger partial charge in [-0.2, -0.15) is 0 Å². The second kappa shape index (κ2) is 13.0. The summed E-state index contributed by atoms with van der Waals surface area (Å²) < 4.78 is 38.1. The Morgan fingerprint density at radius 3 is 2.42 bits per heavy atom. The summed E-state index contributed by atoms with van der Waals surface area (Å²) in [6, 6.07) is 15.3. The number of methoxy groups -OCH3 is 1. The lowest BCUT2D eigenvalue weighted by Crippen LogP contribution is -2.46. The van der Waals surface area contributed by atoms with Crippen molar-refractivity contribution < 1.29 is 28.2 Å². The van der Waals surface area contributed by atoms with Gasteiger partial charge in [0.25, 0.3) is 0 Å². The Balaban J connectivity index is 1.69. The first kappa shape index (κ1) is 27.1. The minimum Gasteiger partial charge on any atom is -0.504 e. The van der Waals surface area contributed by atoms with Crippen LogP contribution in [-0.2, 0) is 35.3 Å². The number of phenols is 1. The predicted octanol–water partition coefficient (Wildman–Crippen LogP) is 4.06. The molecule has 3 aromatic rings. The number of esters is 1.